The first-order valence-electron chi connectivity index (χ1n) is 7.03. The van der Waals surface area contributed by atoms with Crippen LogP contribution in [0.25, 0.3) is 0 Å². The topological polar surface area (TPSA) is 61.4 Å². The van der Waals surface area contributed by atoms with Gasteiger partial charge in [0.1, 0.15) is 0 Å². The number of thiophene rings is 1. The number of aliphatic hydroxyl groups is 1. The fraction of sp³-hybridized carbons (Fsp3) is 0.312. The van der Waals surface area contributed by atoms with E-state index in [4.69, 9.17) is 11.6 Å². The third-order valence-corrected chi connectivity index (χ3v) is 4.12. The number of anilines is 1. The van der Waals surface area contributed by atoms with Crippen molar-refractivity contribution in [1.29, 1.82) is 0 Å². The van der Waals surface area contributed by atoms with Gasteiger partial charge < -0.3 is 15.7 Å². The zero-order valence-corrected chi connectivity index (χ0v) is 13.8. The first-order chi connectivity index (χ1) is 10.5. The second-order valence-corrected chi connectivity index (χ2v) is 6.36. The largest absolute Gasteiger partial charge is 0.387 e. The van der Waals surface area contributed by atoms with E-state index in [0.29, 0.717) is 23.7 Å². The molecule has 1 amide bonds. The molecular weight excluding hydrogens is 320 g/mol. The van der Waals surface area contributed by atoms with Crippen LogP contribution in [0.3, 0.4) is 0 Å². The van der Waals surface area contributed by atoms with Crippen LogP contribution in [-0.2, 0) is 4.79 Å². The number of rotatable bonds is 7. The molecule has 0 aliphatic rings. The number of hydrogen-bond acceptors (Lipinski definition) is 4. The molecule has 0 aliphatic carbocycles. The number of hydrogen-bond donors (Lipinski definition) is 3. The number of amides is 1. The minimum Gasteiger partial charge on any atom is -0.387 e. The lowest BCUT2D eigenvalue weighted by molar-refractivity contribution is -0.116. The van der Waals surface area contributed by atoms with Crippen LogP contribution in [0, 0.1) is 0 Å². The molecule has 0 spiro atoms. The van der Waals surface area contributed by atoms with Crippen LogP contribution in [-0.4, -0.2) is 23.6 Å². The molecule has 2 rings (SSSR count). The van der Waals surface area contributed by atoms with Crippen molar-refractivity contribution in [3.05, 3.63) is 51.7 Å². The molecule has 0 saturated heterocycles. The molecule has 0 aliphatic heterocycles. The predicted octanol–water partition coefficient (Wildman–Crippen LogP) is 3.44. The predicted molar refractivity (Wildman–Crippen MR) is 91.4 cm³/mol. The average molecular weight is 339 g/mol. The zero-order valence-electron chi connectivity index (χ0n) is 12.3. The molecule has 22 heavy (non-hydrogen) atoms. The van der Waals surface area contributed by atoms with Gasteiger partial charge in [-0.1, -0.05) is 17.7 Å². The SMILES string of the molecule is CC(CC(=O)Nc1cccc(Cl)c1)NCC(O)c1ccsc1. The van der Waals surface area contributed by atoms with Crippen molar-refractivity contribution in [3.63, 3.8) is 0 Å². The smallest absolute Gasteiger partial charge is 0.225 e. The Morgan fingerprint density at radius 2 is 2.23 bits per heavy atom. The summed E-state index contributed by atoms with van der Waals surface area (Å²) in [6.45, 7) is 2.33. The van der Waals surface area contributed by atoms with Crippen molar-refractivity contribution in [2.24, 2.45) is 0 Å². The van der Waals surface area contributed by atoms with E-state index in [1.807, 2.05) is 23.8 Å². The average Bonchev–Trinajstić information content (AvgIpc) is 2.98. The molecule has 4 nitrogen and oxygen atoms in total. The Balaban J connectivity index is 1.74. The number of aliphatic hydroxyl groups excluding tert-OH is 1. The monoisotopic (exact) mass is 338 g/mol. The first-order valence-corrected chi connectivity index (χ1v) is 8.35. The van der Waals surface area contributed by atoms with E-state index in [9.17, 15) is 9.90 Å². The van der Waals surface area contributed by atoms with E-state index in [0.717, 1.165) is 5.56 Å². The number of carbonyl (C=O) groups is 1. The minimum atomic E-state index is -0.551. The lowest BCUT2D eigenvalue weighted by Gasteiger charge is -2.16. The third kappa shape index (κ3) is 5.42. The highest BCUT2D eigenvalue weighted by Gasteiger charge is 2.12. The van der Waals surface area contributed by atoms with Crippen molar-refractivity contribution in [2.45, 2.75) is 25.5 Å². The Bertz CT molecular complexity index is 604. The fourth-order valence-electron chi connectivity index (χ4n) is 2.02. The number of nitrogens with one attached hydrogen (secondary N) is 2. The van der Waals surface area contributed by atoms with E-state index in [1.54, 1.807) is 35.6 Å². The lowest BCUT2D eigenvalue weighted by atomic mass is 10.1. The third-order valence-electron chi connectivity index (χ3n) is 3.19. The van der Waals surface area contributed by atoms with Gasteiger partial charge in [-0.05, 0) is 47.5 Å². The molecule has 1 heterocycles. The van der Waals surface area contributed by atoms with Gasteiger partial charge in [0.2, 0.25) is 5.91 Å². The Morgan fingerprint density at radius 3 is 2.91 bits per heavy atom. The van der Waals surface area contributed by atoms with E-state index in [-0.39, 0.29) is 11.9 Å². The maximum absolute atomic E-state index is 12.0. The highest BCUT2D eigenvalue weighted by atomic mass is 35.5. The molecule has 2 unspecified atom stereocenters. The maximum atomic E-state index is 12.0. The van der Waals surface area contributed by atoms with Gasteiger partial charge in [-0.25, -0.2) is 0 Å². The maximum Gasteiger partial charge on any atom is 0.225 e. The summed E-state index contributed by atoms with van der Waals surface area (Å²) in [4.78, 5) is 12.0. The van der Waals surface area contributed by atoms with E-state index >= 15 is 0 Å². The van der Waals surface area contributed by atoms with E-state index < -0.39 is 6.10 Å². The molecule has 0 radical (unpaired) electrons. The van der Waals surface area contributed by atoms with Gasteiger partial charge in [0.15, 0.2) is 0 Å². The van der Waals surface area contributed by atoms with Crippen LogP contribution in [0.1, 0.15) is 25.0 Å². The van der Waals surface area contributed by atoms with Gasteiger partial charge in [-0.3, -0.25) is 4.79 Å². The molecule has 2 aromatic rings. The van der Waals surface area contributed by atoms with Crippen LogP contribution < -0.4 is 10.6 Å². The van der Waals surface area contributed by atoms with Crippen LogP contribution in [0.5, 0.6) is 0 Å². The Morgan fingerprint density at radius 1 is 1.41 bits per heavy atom. The quantitative estimate of drug-likeness (QED) is 0.724. The minimum absolute atomic E-state index is 0.0348. The first kappa shape index (κ1) is 17.0. The summed E-state index contributed by atoms with van der Waals surface area (Å²) in [6, 6.07) is 8.91. The van der Waals surface area contributed by atoms with Gasteiger partial charge in [0, 0.05) is 29.7 Å². The Kier molecular flexibility index (Phi) is 6.39. The number of halogens is 1. The van der Waals surface area contributed by atoms with Gasteiger partial charge >= 0.3 is 0 Å². The standard InChI is InChI=1S/C16H19ClN2O2S/c1-11(18-9-15(20)12-5-6-22-10-12)7-16(21)19-14-4-2-3-13(17)8-14/h2-6,8,10-11,15,18,20H,7,9H2,1H3,(H,19,21). The van der Waals surface area contributed by atoms with Gasteiger partial charge in [-0.2, -0.15) is 11.3 Å². The molecular formula is C16H19ClN2O2S. The van der Waals surface area contributed by atoms with Crippen molar-refractivity contribution < 1.29 is 9.90 Å². The molecule has 6 heteroatoms. The molecule has 1 aromatic heterocycles. The molecule has 0 bridgehead atoms. The highest BCUT2D eigenvalue weighted by Crippen LogP contribution is 2.16. The van der Waals surface area contributed by atoms with Crippen LogP contribution in [0.2, 0.25) is 5.02 Å². The summed E-state index contributed by atoms with van der Waals surface area (Å²) >= 11 is 7.43. The zero-order chi connectivity index (χ0) is 15.9. The number of carbonyl (C=O) groups excluding carboxylic acids is 1. The second-order valence-electron chi connectivity index (χ2n) is 5.14. The van der Waals surface area contributed by atoms with E-state index in [2.05, 4.69) is 10.6 Å². The Labute approximate surface area is 139 Å². The summed E-state index contributed by atoms with van der Waals surface area (Å²) < 4.78 is 0. The van der Waals surface area contributed by atoms with Crippen LogP contribution in [0.4, 0.5) is 5.69 Å². The van der Waals surface area contributed by atoms with Crippen LogP contribution in [0.15, 0.2) is 41.1 Å². The van der Waals surface area contributed by atoms with Gasteiger partial charge in [0.25, 0.3) is 0 Å². The molecule has 118 valence electrons. The summed E-state index contributed by atoms with van der Waals surface area (Å²) in [5, 5.41) is 20.4. The summed E-state index contributed by atoms with van der Waals surface area (Å²) in [5.74, 6) is -0.0905. The van der Waals surface area contributed by atoms with Gasteiger partial charge in [-0.15, -0.1) is 0 Å². The van der Waals surface area contributed by atoms with Crippen molar-refractivity contribution in [3.8, 4) is 0 Å². The molecule has 1 aromatic carbocycles. The second kappa shape index (κ2) is 8.29. The highest BCUT2D eigenvalue weighted by molar-refractivity contribution is 7.07. The normalized spacial score (nSPS) is 13.6. The molecule has 2 atom stereocenters. The van der Waals surface area contributed by atoms with E-state index in [1.165, 1.54) is 0 Å². The summed E-state index contributed by atoms with van der Waals surface area (Å²) in [7, 11) is 0. The summed E-state index contributed by atoms with van der Waals surface area (Å²) in [6.07, 6.45) is -0.229. The van der Waals surface area contributed by atoms with Crippen molar-refractivity contribution in [1.82, 2.24) is 5.32 Å². The van der Waals surface area contributed by atoms with Crippen molar-refractivity contribution in [2.75, 3.05) is 11.9 Å². The summed E-state index contributed by atoms with van der Waals surface area (Å²) in [5.41, 5.74) is 1.58. The number of benzene rings is 1. The van der Waals surface area contributed by atoms with Crippen molar-refractivity contribution >= 4 is 34.5 Å². The molecule has 3 N–H and O–H groups in total. The molecule has 0 saturated carbocycles. The van der Waals surface area contributed by atoms with Crippen LogP contribution >= 0.6 is 22.9 Å². The molecule has 0 fully saturated rings. The van der Waals surface area contributed by atoms with Gasteiger partial charge in [0.05, 0.1) is 6.10 Å². The fourth-order valence-corrected chi connectivity index (χ4v) is 2.92. The Hall–Kier alpha value is -1.40. The lowest BCUT2D eigenvalue weighted by Crippen LogP contribution is -2.33.